The summed E-state index contributed by atoms with van der Waals surface area (Å²) in [6.45, 7) is 4.57. The summed E-state index contributed by atoms with van der Waals surface area (Å²) in [4.78, 5) is 12.5. The molecule has 3 nitrogen and oxygen atoms in total. The maximum atomic E-state index is 12.5. The van der Waals surface area contributed by atoms with Gasteiger partial charge in [-0.2, -0.15) is 0 Å². The third-order valence-electron chi connectivity index (χ3n) is 4.44. The van der Waals surface area contributed by atoms with Crippen molar-refractivity contribution in [3.63, 3.8) is 0 Å². The number of nitrogens with two attached hydrogens (primary N) is 1. The van der Waals surface area contributed by atoms with Gasteiger partial charge in [-0.3, -0.25) is 4.79 Å². The topological polar surface area (TPSA) is 55.1 Å². The van der Waals surface area contributed by atoms with E-state index in [4.69, 9.17) is 5.73 Å². The third kappa shape index (κ3) is 3.33. The lowest BCUT2D eigenvalue weighted by molar-refractivity contribution is -0.131. The van der Waals surface area contributed by atoms with E-state index in [9.17, 15) is 4.79 Å². The van der Waals surface area contributed by atoms with Gasteiger partial charge in [0.2, 0.25) is 5.91 Å². The molecule has 3 N–H and O–H groups in total. The van der Waals surface area contributed by atoms with Gasteiger partial charge in [-0.15, -0.1) is 12.4 Å². The largest absolute Gasteiger partial charge is 0.349 e. The Kier molecular flexibility index (Phi) is 6.03. The minimum Gasteiger partial charge on any atom is -0.349 e. The normalized spacial score (nSPS) is 18.1. The van der Waals surface area contributed by atoms with E-state index in [0.29, 0.717) is 6.54 Å². The standard InChI is InChI=1S/C16H24N2O.ClH/c1-12-7-3-4-8-14(12)13(2)18-15(19)16(11-17)9-5-6-10-16;/h3-4,7-8,13H,5-6,9-11,17H2,1-2H3,(H,18,19);1H. The highest BCUT2D eigenvalue weighted by Crippen LogP contribution is 2.37. The third-order valence-corrected chi connectivity index (χ3v) is 4.44. The lowest BCUT2D eigenvalue weighted by atomic mass is 9.85. The fraction of sp³-hybridized carbons (Fsp3) is 0.562. The molecule has 1 aromatic rings. The average Bonchev–Trinajstić information content (AvgIpc) is 2.89. The van der Waals surface area contributed by atoms with Crippen LogP contribution in [0.4, 0.5) is 0 Å². The van der Waals surface area contributed by atoms with Gasteiger partial charge in [-0.25, -0.2) is 0 Å². The molecule has 4 heteroatoms. The summed E-state index contributed by atoms with van der Waals surface area (Å²) in [5.74, 6) is 0.128. The summed E-state index contributed by atoms with van der Waals surface area (Å²) in [7, 11) is 0. The molecule has 1 unspecified atom stereocenters. The molecule has 0 bridgehead atoms. The number of nitrogens with one attached hydrogen (secondary N) is 1. The van der Waals surface area contributed by atoms with E-state index in [1.165, 1.54) is 11.1 Å². The van der Waals surface area contributed by atoms with Crippen LogP contribution in [0.3, 0.4) is 0 Å². The van der Waals surface area contributed by atoms with E-state index in [1.807, 2.05) is 19.1 Å². The van der Waals surface area contributed by atoms with Crippen molar-refractivity contribution in [1.29, 1.82) is 0 Å². The van der Waals surface area contributed by atoms with Crippen LogP contribution >= 0.6 is 12.4 Å². The predicted octanol–water partition coefficient (Wildman–Crippen LogP) is 3.11. The second-order valence-corrected chi connectivity index (χ2v) is 5.74. The maximum absolute atomic E-state index is 12.5. The molecule has 20 heavy (non-hydrogen) atoms. The molecular weight excluding hydrogens is 272 g/mol. The first-order chi connectivity index (χ1) is 9.09. The number of halogens is 1. The fourth-order valence-corrected chi connectivity index (χ4v) is 3.08. The quantitative estimate of drug-likeness (QED) is 0.897. The Bertz CT molecular complexity index is 456. The van der Waals surface area contributed by atoms with Crippen molar-refractivity contribution in [3.8, 4) is 0 Å². The number of aryl methyl sites for hydroxylation is 1. The Labute approximate surface area is 127 Å². The van der Waals surface area contributed by atoms with Crippen LogP contribution in [-0.4, -0.2) is 12.5 Å². The SMILES string of the molecule is Cc1ccccc1C(C)NC(=O)C1(CN)CCCC1.Cl. The summed E-state index contributed by atoms with van der Waals surface area (Å²) < 4.78 is 0. The molecule has 0 saturated heterocycles. The van der Waals surface area contributed by atoms with Gasteiger partial charge >= 0.3 is 0 Å². The Morgan fingerprint density at radius 3 is 2.50 bits per heavy atom. The van der Waals surface area contributed by atoms with Crippen molar-refractivity contribution in [2.45, 2.75) is 45.6 Å². The Morgan fingerprint density at radius 1 is 1.35 bits per heavy atom. The van der Waals surface area contributed by atoms with Gasteiger partial charge in [-0.1, -0.05) is 37.1 Å². The van der Waals surface area contributed by atoms with Crippen molar-refractivity contribution in [3.05, 3.63) is 35.4 Å². The first-order valence-corrected chi connectivity index (χ1v) is 7.16. The van der Waals surface area contributed by atoms with Crippen molar-refractivity contribution < 1.29 is 4.79 Å². The summed E-state index contributed by atoms with van der Waals surface area (Å²) in [6, 6.07) is 8.22. The number of rotatable bonds is 4. The zero-order chi connectivity index (χ0) is 13.9. The van der Waals surface area contributed by atoms with Crippen LogP contribution in [0.1, 0.15) is 49.8 Å². The molecule has 0 spiro atoms. The van der Waals surface area contributed by atoms with E-state index in [-0.39, 0.29) is 29.8 Å². The smallest absolute Gasteiger partial charge is 0.227 e. The molecule has 0 heterocycles. The molecule has 112 valence electrons. The van der Waals surface area contributed by atoms with Gasteiger partial charge in [0.15, 0.2) is 0 Å². The molecule has 1 amide bonds. The second-order valence-electron chi connectivity index (χ2n) is 5.74. The minimum absolute atomic E-state index is 0. The molecule has 1 atom stereocenters. The Hall–Kier alpha value is -1.06. The maximum Gasteiger partial charge on any atom is 0.227 e. The van der Waals surface area contributed by atoms with Crippen LogP contribution in [0.25, 0.3) is 0 Å². The number of carbonyl (C=O) groups is 1. The van der Waals surface area contributed by atoms with E-state index in [1.54, 1.807) is 0 Å². The molecule has 1 aliphatic rings. The van der Waals surface area contributed by atoms with Crippen molar-refractivity contribution in [2.75, 3.05) is 6.54 Å². The highest BCUT2D eigenvalue weighted by atomic mass is 35.5. The zero-order valence-electron chi connectivity index (χ0n) is 12.3. The lowest BCUT2D eigenvalue weighted by Gasteiger charge is -2.28. The van der Waals surface area contributed by atoms with Gasteiger partial charge in [0.05, 0.1) is 11.5 Å². The molecular formula is C16H25ClN2O. The molecule has 1 aromatic carbocycles. The highest BCUT2D eigenvalue weighted by molar-refractivity contribution is 5.85. The monoisotopic (exact) mass is 296 g/mol. The van der Waals surface area contributed by atoms with Gasteiger partial charge in [0.25, 0.3) is 0 Å². The van der Waals surface area contributed by atoms with Crippen LogP contribution in [0.15, 0.2) is 24.3 Å². The van der Waals surface area contributed by atoms with E-state index >= 15 is 0 Å². The van der Waals surface area contributed by atoms with Crippen LogP contribution in [0.2, 0.25) is 0 Å². The van der Waals surface area contributed by atoms with Crippen molar-refractivity contribution in [1.82, 2.24) is 5.32 Å². The van der Waals surface area contributed by atoms with Gasteiger partial charge in [-0.05, 0) is 37.8 Å². The zero-order valence-corrected chi connectivity index (χ0v) is 13.1. The molecule has 0 aromatic heterocycles. The van der Waals surface area contributed by atoms with Crippen molar-refractivity contribution in [2.24, 2.45) is 11.1 Å². The number of amides is 1. The van der Waals surface area contributed by atoms with Crippen LogP contribution < -0.4 is 11.1 Å². The second kappa shape index (κ2) is 7.09. The van der Waals surface area contributed by atoms with E-state index in [2.05, 4.69) is 24.4 Å². The van der Waals surface area contributed by atoms with E-state index < -0.39 is 0 Å². The summed E-state index contributed by atoms with van der Waals surface area (Å²) in [6.07, 6.45) is 4.08. The predicted molar refractivity (Wildman–Crippen MR) is 84.9 cm³/mol. The summed E-state index contributed by atoms with van der Waals surface area (Å²) >= 11 is 0. The molecule has 1 fully saturated rings. The van der Waals surface area contributed by atoms with Crippen LogP contribution in [0, 0.1) is 12.3 Å². The van der Waals surface area contributed by atoms with Crippen molar-refractivity contribution >= 4 is 18.3 Å². The van der Waals surface area contributed by atoms with Crippen LogP contribution in [0.5, 0.6) is 0 Å². The lowest BCUT2D eigenvalue weighted by Crippen LogP contribution is -2.45. The molecule has 1 aliphatic carbocycles. The first kappa shape index (κ1) is 17.0. The fourth-order valence-electron chi connectivity index (χ4n) is 3.08. The summed E-state index contributed by atoms with van der Waals surface area (Å²) in [5, 5.41) is 3.15. The molecule has 2 rings (SSSR count). The minimum atomic E-state index is -0.322. The number of hydrogen-bond acceptors (Lipinski definition) is 2. The summed E-state index contributed by atoms with van der Waals surface area (Å²) in [5.41, 5.74) is 7.92. The molecule has 0 radical (unpaired) electrons. The van der Waals surface area contributed by atoms with E-state index in [0.717, 1.165) is 25.7 Å². The number of hydrogen-bond donors (Lipinski definition) is 2. The van der Waals surface area contributed by atoms with Gasteiger partial charge in [0.1, 0.15) is 0 Å². The van der Waals surface area contributed by atoms with Gasteiger partial charge < -0.3 is 11.1 Å². The van der Waals surface area contributed by atoms with Gasteiger partial charge in [0, 0.05) is 6.54 Å². The molecule has 1 saturated carbocycles. The number of benzene rings is 1. The Morgan fingerprint density at radius 2 is 1.95 bits per heavy atom. The molecule has 0 aliphatic heterocycles. The average molecular weight is 297 g/mol. The Balaban J connectivity index is 0.00000200. The number of carbonyl (C=O) groups excluding carboxylic acids is 1. The first-order valence-electron chi connectivity index (χ1n) is 7.16. The van der Waals surface area contributed by atoms with Crippen LogP contribution in [-0.2, 0) is 4.79 Å². The highest BCUT2D eigenvalue weighted by Gasteiger charge is 2.40.